The van der Waals surface area contributed by atoms with Crippen molar-refractivity contribution in [2.24, 2.45) is 0 Å². The first-order chi connectivity index (χ1) is 7.00. The largest absolute Gasteiger partial charge is 1.00 e. The van der Waals surface area contributed by atoms with Gasteiger partial charge in [0.05, 0.1) is 44.4 Å². The van der Waals surface area contributed by atoms with Gasteiger partial charge in [-0.05, 0) is 0 Å². The van der Waals surface area contributed by atoms with E-state index >= 15 is 0 Å². The molecule has 0 fully saturated rings. The smallest absolute Gasteiger partial charge is 0.0886 e. The van der Waals surface area contributed by atoms with Crippen molar-refractivity contribution in [3.8, 4) is 0 Å². The average molecular weight is 166 g/mol. The predicted octanol–water partition coefficient (Wildman–Crippen LogP) is -2.67. The lowest BCUT2D eigenvalue weighted by atomic mass is 10.8. The predicted molar refractivity (Wildman–Crippen MR) is 24.0 cm³/mol. The molecule has 0 bridgehead atoms. The van der Waals surface area contributed by atoms with Crippen LogP contribution in [-0.4, -0.2) is 32.4 Å². The van der Waals surface area contributed by atoms with Crippen LogP contribution in [-0.2, 0) is 0 Å². The summed E-state index contributed by atoms with van der Waals surface area (Å²) < 4.78 is 81.4. The molecule has 0 spiro atoms. The summed E-state index contributed by atoms with van der Waals surface area (Å²) in [6, 6.07) is 0. The highest BCUT2D eigenvalue weighted by molar-refractivity contribution is 3.87. The standard InChI is InChI=1S/C4H12N.BrH/c1-5(2,3)4;/h1-4H3;1H/q+1;/p-1/i1D3,2D3,3D3,4D3;. The van der Waals surface area contributed by atoms with Gasteiger partial charge in [-0.15, -0.1) is 0 Å². The second-order valence-electron chi connectivity index (χ2n) is 0.671. The minimum atomic E-state index is -3.73. The summed E-state index contributed by atoms with van der Waals surface area (Å²) in [7, 11) is 0. The van der Waals surface area contributed by atoms with E-state index < -0.39 is 32.4 Å². The Kier molecular flexibility index (Phi) is 0.304. The van der Waals surface area contributed by atoms with Crippen molar-refractivity contribution in [2.75, 3.05) is 27.9 Å². The SMILES string of the molecule is [2H]C([2H])([2H])[N+](C([2H])([2H])[2H])(C([2H])([2H])[2H])C([2H])([2H])[2H].[Br-]. The number of quaternary nitrogens is 1. The van der Waals surface area contributed by atoms with E-state index in [-0.39, 0.29) is 17.0 Å². The van der Waals surface area contributed by atoms with E-state index in [4.69, 9.17) is 16.4 Å². The third-order valence-electron chi connectivity index (χ3n) is 0. The summed E-state index contributed by atoms with van der Waals surface area (Å²) in [4.78, 5) is 0. The maximum Gasteiger partial charge on any atom is 0.0886 e. The molecule has 0 N–H and O–H groups in total. The summed E-state index contributed by atoms with van der Waals surface area (Å²) in [6.45, 7) is -14.9. The topological polar surface area (TPSA) is 0 Å². The van der Waals surface area contributed by atoms with Gasteiger partial charge in [0.2, 0.25) is 0 Å². The summed E-state index contributed by atoms with van der Waals surface area (Å²) >= 11 is 0. The quantitative estimate of drug-likeness (QED) is 0.344. The van der Waals surface area contributed by atoms with Crippen molar-refractivity contribution in [3.63, 3.8) is 0 Å². The Morgan fingerprint density at radius 2 is 1.50 bits per heavy atom. The minimum Gasteiger partial charge on any atom is -1.00 e. The van der Waals surface area contributed by atoms with Crippen molar-refractivity contribution in [2.45, 2.75) is 0 Å². The van der Waals surface area contributed by atoms with Crippen LogP contribution in [0.2, 0.25) is 0 Å². The Morgan fingerprint density at radius 1 is 1.17 bits per heavy atom. The fraction of sp³-hybridized carbons (Fsp3) is 1.00. The van der Waals surface area contributed by atoms with E-state index in [1.54, 1.807) is 0 Å². The number of hydrogen-bond acceptors (Lipinski definition) is 0. The maximum atomic E-state index is 7.03. The van der Waals surface area contributed by atoms with Crippen LogP contribution in [0, 0.1) is 0 Å². The molecular formula is C4H12BrN. The lowest BCUT2D eigenvalue weighted by Crippen LogP contribution is -3.00. The number of hydrogen-bond donors (Lipinski definition) is 0. The Labute approximate surface area is 67.2 Å². The third-order valence-corrected chi connectivity index (χ3v) is 0. The molecule has 0 heterocycles. The molecule has 0 aliphatic carbocycles. The number of nitrogens with zero attached hydrogens (tertiary/aromatic N) is 1. The number of halogens is 1. The van der Waals surface area contributed by atoms with Crippen LogP contribution in [0.1, 0.15) is 16.4 Å². The van der Waals surface area contributed by atoms with Gasteiger partial charge in [-0.1, -0.05) is 0 Å². The van der Waals surface area contributed by atoms with Gasteiger partial charge in [-0.2, -0.15) is 0 Å². The zero-order valence-electron chi connectivity index (χ0n) is 14.8. The van der Waals surface area contributed by atoms with Gasteiger partial charge >= 0.3 is 0 Å². The molecule has 1 nitrogen and oxygen atoms in total. The first-order valence-electron chi connectivity index (χ1n) is 6.89. The van der Waals surface area contributed by atoms with Crippen LogP contribution >= 0.6 is 0 Å². The van der Waals surface area contributed by atoms with Crippen LogP contribution < -0.4 is 17.0 Å². The third kappa shape index (κ3) is 271. The molecule has 40 valence electrons. The molecule has 0 saturated carbocycles. The lowest BCUT2D eigenvalue weighted by molar-refractivity contribution is -0.849. The highest BCUT2D eigenvalue weighted by atomic mass is 79.9. The van der Waals surface area contributed by atoms with Crippen molar-refractivity contribution < 1.29 is 37.9 Å². The molecule has 0 unspecified atom stereocenters. The zero-order chi connectivity index (χ0) is 14.5. The Balaban J connectivity index is 0. The molecule has 0 rings (SSSR count). The van der Waals surface area contributed by atoms with Crippen molar-refractivity contribution in [1.29, 1.82) is 0 Å². The van der Waals surface area contributed by atoms with Gasteiger partial charge in [0, 0.05) is 0 Å². The van der Waals surface area contributed by atoms with Crippen molar-refractivity contribution in [1.82, 2.24) is 0 Å². The van der Waals surface area contributed by atoms with Gasteiger partial charge in [0.25, 0.3) is 0 Å². The number of rotatable bonds is 0. The average Bonchev–Trinajstić information content (AvgIpc) is 1.67. The summed E-state index contributed by atoms with van der Waals surface area (Å²) in [6.07, 6.45) is 0. The van der Waals surface area contributed by atoms with Gasteiger partial charge < -0.3 is 21.5 Å². The van der Waals surface area contributed by atoms with E-state index in [2.05, 4.69) is 0 Å². The molecule has 0 atom stereocenters. The minimum absolute atomic E-state index is 0. The Hall–Kier alpha value is 0.440. The first-order valence-corrected chi connectivity index (χ1v) is 0.894. The highest BCUT2D eigenvalue weighted by Crippen LogP contribution is 1.73. The second kappa shape index (κ2) is 2.59. The van der Waals surface area contributed by atoms with Crippen LogP contribution in [0.3, 0.4) is 0 Å². The van der Waals surface area contributed by atoms with Crippen LogP contribution in [0.4, 0.5) is 0 Å². The van der Waals surface area contributed by atoms with E-state index in [0.29, 0.717) is 0 Å². The first kappa shape index (κ1) is 0.705. The zero-order valence-corrected chi connectivity index (χ0v) is 4.41. The van der Waals surface area contributed by atoms with E-state index in [9.17, 15) is 0 Å². The van der Waals surface area contributed by atoms with E-state index in [1.165, 1.54) is 0 Å². The monoisotopic (exact) mass is 165 g/mol. The molecule has 0 saturated heterocycles. The lowest BCUT2D eigenvalue weighted by Gasteiger charge is -2.14. The summed E-state index contributed by atoms with van der Waals surface area (Å²) in [5.41, 5.74) is 0. The summed E-state index contributed by atoms with van der Waals surface area (Å²) in [5, 5.41) is 0. The molecule has 0 aliphatic rings. The van der Waals surface area contributed by atoms with Gasteiger partial charge in [0.15, 0.2) is 0 Å². The molecule has 2 heteroatoms. The van der Waals surface area contributed by atoms with Gasteiger partial charge in [-0.3, -0.25) is 0 Å². The molecule has 0 aromatic rings. The molecule has 0 aliphatic heterocycles. The second-order valence-corrected chi connectivity index (χ2v) is 0.671. The fourth-order valence-electron chi connectivity index (χ4n) is 0. The fourth-order valence-corrected chi connectivity index (χ4v) is 0. The van der Waals surface area contributed by atoms with Crippen LogP contribution in [0.25, 0.3) is 0 Å². The Morgan fingerprint density at radius 3 is 1.50 bits per heavy atom. The molecule has 6 heavy (non-hydrogen) atoms. The van der Waals surface area contributed by atoms with Crippen LogP contribution in [0.5, 0.6) is 0 Å². The van der Waals surface area contributed by atoms with Crippen LogP contribution in [0.15, 0.2) is 0 Å². The maximum absolute atomic E-state index is 7.03. The Bertz CT molecular complexity index is 217. The van der Waals surface area contributed by atoms with Crippen molar-refractivity contribution >= 4 is 0 Å². The highest BCUT2D eigenvalue weighted by Gasteiger charge is 1.88. The normalized spacial score (nSPS) is 48.0. The molecular weight excluding hydrogens is 142 g/mol. The molecule has 0 radical (unpaired) electrons. The van der Waals surface area contributed by atoms with Crippen molar-refractivity contribution in [3.05, 3.63) is 0 Å². The van der Waals surface area contributed by atoms with E-state index in [1.807, 2.05) is 0 Å². The van der Waals surface area contributed by atoms with Gasteiger partial charge in [-0.25, -0.2) is 0 Å². The molecule has 0 aromatic heterocycles. The summed E-state index contributed by atoms with van der Waals surface area (Å²) in [5.74, 6) is 0. The van der Waals surface area contributed by atoms with E-state index in [0.717, 1.165) is 0 Å². The van der Waals surface area contributed by atoms with Gasteiger partial charge in [0.1, 0.15) is 0 Å². The molecule has 0 aromatic carbocycles. The molecule has 0 amide bonds.